The molecule has 2 aliphatic rings. The summed E-state index contributed by atoms with van der Waals surface area (Å²) in [6.07, 6.45) is 6.99. The lowest BCUT2D eigenvalue weighted by Crippen LogP contribution is -2.45. The molecule has 3 aromatic heterocycles. The summed E-state index contributed by atoms with van der Waals surface area (Å²) >= 11 is 6.51. The minimum Gasteiger partial charge on any atom is -0.355 e. The number of aryl methyl sites for hydroxylation is 2. The Kier molecular flexibility index (Phi) is 6.87. The van der Waals surface area contributed by atoms with E-state index < -0.39 is 0 Å². The third kappa shape index (κ3) is 4.61. The van der Waals surface area contributed by atoms with Gasteiger partial charge in [0.25, 0.3) is 0 Å². The van der Waals surface area contributed by atoms with E-state index in [9.17, 15) is 0 Å². The van der Waals surface area contributed by atoms with E-state index in [2.05, 4.69) is 54.7 Å². The Bertz CT molecular complexity index is 952. The molecule has 0 atom stereocenters. The van der Waals surface area contributed by atoms with Crippen LogP contribution in [0.5, 0.6) is 0 Å². The molecule has 0 unspecified atom stereocenters. The Morgan fingerprint density at radius 3 is 2.60 bits per heavy atom. The van der Waals surface area contributed by atoms with E-state index >= 15 is 0 Å². The largest absolute Gasteiger partial charge is 0.355 e. The second kappa shape index (κ2) is 9.77. The Labute approximate surface area is 183 Å². The van der Waals surface area contributed by atoms with Crippen molar-refractivity contribution in [2.24, 2.45) is 0 Å². The molecule has 7 heteroatoms. The second-order valence-corrected chi connectivity index (χ2v) is 8.42. The van der Waals surface area contributed by atoms with Gasteiger partial charge in [-0.25, -0.2) is 4.98 Å². The molecule has 0 saturated carbocycles. The predicted molar refractivity (Wildman–Crippen MR) is 124 cm³/mol. The van der Waals surface area contributed by atoms with Crippen LogP contribution in [0.2, 0.25) is 5.15 Å². The maximum atomic E-state index is 6.51. The van der Waals surface area contributed by atoms with Crippen LogP contribution in [-0.4, -0.2) is 59.5 Å². The SMILES string of the molecule is CNCc1nc2cccc(N3CCN(C)CC3)n2c1Cl.c1cnc2c(c1)CCCC2. The van der Waals surface area contributed by atoms with Crippen LogP contribution in [0, 0.1) is 0 Å². The highest BCUT2D eigenvalue weighted by molar-refractivity contribution is 6.30. The van der Waals surface area contributed by atoms with Gasteiger partial charge in [-0.1, -0.05) is 23.7 Å². The molecule has 6 nitrogen and oxygen atoms in total. The number of likely N-dealkylation sites (N-methyl/N-ethyl adjacent to an activating group) is 1. The summed E-state index contributed by atoms with van der Waals surface area (Å²) < 4.78 is 2.06. The topological polar surface area (TPSA) is 48.7 Å². The van der Waals surface area contributed by atoms with Gasteiger partial charge in [-0.05, 0) is 63.5 Å². The quantitative estimate of drug-likeness (QED) is 0.695. The first-order valence-corrected chi connectivity index (χ1v) is 11.2. The van der Waals surface area contributed by atoms with Crippen LogP contribution >= 0.6 is 11.6 Å². The molecule has 3 aromatic rings. The zero-order valence-corrected chi connectivity index (χ0v) is 18.7. The van der Waals surface area contributed by atoms with Crippen LogP contribution in [0.25, 0.3) is 5.65 Å². The fourth-order valence-corrected chi connectivity index (χ4v) is 4.47. The zero-order chi connectivity index (χ0) is 20.9. The number of pyridine rings is 2. The van der Waals surface area contributed by atoms with Crippen molar-refractivity contribution in [3.05, 3.63) is 58.6 Å². The average Bonchev–Trinajstić information content (AvgIpc) is 3.11. The van der Waals surface area contributed by atoms with E-state index in [1.807, 2.05) is 25.4 Å². The van der Waals surface area contributed by atoms with E-state index in [0.29, 0.717) is 11.7 Å². The van der Waals surface area contributed by atoms with Crippen molar-refractivity contribution in [3.63, 3.8) is 0 Å². The minimum absolute atomic E-state index is 0.683. The molecule has 1 fully saturated rings. The molecule has 1 aliphatic carbocycles. The van der Waals surface area contributed by atoms with Crippen molar-refractivity contribution in [2.45, 2.75) is 32.2 Å². The Morgan fingerprint density at radius 2 is 1.83 bits per heavy atom. The summed E-state index contributed by atoms with van der Waals surface area (Å²) in [5.41, 5.74) is 4.61. The summed E-state index contributed by atoms with van der Waals surface area (Å²) in [6.45, 7) is 4.87. The third-order valence-electron chi connectivity index (χ3n) is 5.90. The van der Waals surface area contributed by atoms with E-state index in [4.69, 9.17) is 11.6 Å². The summed E-state index contributed by atoms with van der Waals surface area (Å²) in [5.74, 6) is 1.13. The summed E-state index contributed by atoms with van der Waals surface area (Å²) in [7, 11) is 4.06. The number of anilines is 1. The fourth-order valence-electron chi connectivity index (χ4n) is 4.18. The van der Waals surface area contributed by atoms with Crippen molar-refractivity contribution >= 4 is 23.1 Å². The molecule has 1 aliphatic heterocycles. The molecule has 1 saturated heterocycles. The maximum absolute atomic E-state index is 6.51. The molecule has 0 bridgehead atoms. The first kappa shape index (κ1) is 21.1. The highest BCUT2D eigenvalue weighted by Crippen LogP contribution is 2.26. The van der Waals surface area contributed by atoms with Crippen molar-refractivity contribution in [3.8, 4) is 0 Å². The molecule has 0 aromatic carbocycles. The number of nitrogens with zero attached hydrogens (tertiary/aromatic N) is 5. The third-order valence-corrected chi connectivity index (χ3v) is 6.29. The standard InChI is InChI=1S/C14H20ClN5.C9H11N/c1-16-10-11-14(15)20-12(17-11)4-3-5-13(20)19-8-6-18(2)7-9-19;1-2-6-9-8(4-1)5-3-7-10-9/h3-5,16H,6-10H2,1-2H3;3,5,7H,1-2,4,6H2. The average molecular weight is 427 g/mol. The van der Waals surface area contributed by atoms with Crippen molar-refractivity contribution in [1.82, 2.24) is 24.6 Å². The van der Waals surface area contributed by atoms with Crippen molar-refractivity contribution < 1.29 is 0 Å². The van der Waals surface area contributed by atoms with Gasteiger partial charge < -0.3 is 15.1 Å². The van der Waals surface area contributed by atoms with Gasteiger partial charge in [-0.3, -0.25) is 9.38 Å². The van der Waals surface area contributed by atoms with Gasteiger partial charge in [0.15, 0.2) is 0 Å². The molecule has 0 amide bonds. The number of hydrogen-bond acceptors (Lipinski definition) is 5. The summed E-state index contributed by atoms with van der Waals surface area (Å²) in [5, 5.41) is 3.82. The van der Waals surface area contributed by atoms with Gasteiger partial charge in [0.05, 0.1) is 5.69 Å². The van der Waals surface area contributed by atoms with E-state index in [0.717, 1.165) is 43.3 Å². The van der Waals surface area contributed by atoms with Gasteiger partial charge in [-0.2, -0.15) is 0 Å². The number of nitrogens with one attached hydrogen (secondary N) is 1. The Morgan fingerprint density at radius 1 is 1.03 bits per heavy atom. The highest BCUT2D eigenvalue weighted by atomic mass is 35.5. The van der Waals surface area contributed by atoms with Crippen LogP contribution < -0.4 is 10.2 Å². The molecule has 5 rings (SSSR count). The predicted octanol–water partition coefficient (Wildman–Crippen LogP) is 3.42. The van der Waals surface area contributed by atoms with Crippen LogP contribution in [0.1, 0.15) is 29.8 Å². The van der Waals surface area contributed by atoms with E-state index in [1.54, 1.807) is 0 Å². The lowest BCUT2D eigenvalue weighted by molar-refractivity contribution is 0.312. The minimum atomic E-state index is 0.683. The molecule has 160 valence electrons. The molecule has 4 heterocycles. The Hall–Kier alpha value is -2.15. The molecular formula is C23H31ClN6. The van der Waals surface area contributed by atoms with Gasteiger partial charge in [-0.15, -0.1) is 0 Å². The normalized spacial score (nSPS) is 16.8. The molecule has 0 radical (unpaired) electrons. The van der Waals surface area contributed by atoms with Crippen molar-refractivity contribution in [2.75, 3.05) is 45.2 Å². The Balaban J connectivity index is 0.000000181. The van der Waals surface area contributed by atoms with E-state index in [-0.39, 0.29) is 0 Å². The maximum Gasteiger partial charge on any atom is 0.139 e. The number of aromatic nitrogens is 3. The summed E-state index contributed by atoms with van der Waals surface area (Å²) in [4.78, 5) is 13.6. The van der Waals surface area contributed by atoms with Crippen LogP contribution in [0.4, 0.5) is 5.82 Å². The number of imidazole rings is 1. The zero-order valence-electron chi connectivity index (χ0n) is 17.9. The number of halogens is 1. The smallest absolute Gasteiger partial charge is 0.139 e. The molecule has 1 N–H and O–H groups in total. The number of piperazine rings is 1. The first-order valence-electron chi connectivity index (χ1n) is 10.8. The van der Waals surface area contributed by atoms with Gasteiger partial charge in [0.1, 0.15) is 16.6 Å². The van der Waals surface area contributed by atoms with E-state index in [1.165, 1.54) is 36.9 Å². The molecule has 0 spiro atoms. The fraction of sp³-hybridized carbons (Fsp3) is 0.478. The lowest BCUT2D eigenvalue weighted by Gasteiger charge is -2.34. The van der Waals surface area contributed by atoms with Gasteiger partial charge >= 0.3 is 0 Å². The highest BCUT2D eigenvalue weighted by Gasteiger charge is 2.19. The second-order valence-electron chi connectivity index (χ2n) is 8.06. The van der Waals surface area contributed by atoms with Gasteiger partial charge in [0, 0.05) is 44.6 Å². The molecule has 30 heavy (non-hydrogen) atoms. The monoisotopic (exact) mass is 426 g/mol. The summed E-state index contributed by atoms with van der Waals surface area (Å²) in [6, 6.07) is 10.4. The lowest BCUT2D eigenvalue weighted by atomic mass is 9.96. The van der Waals surface area contributed by atoms with Crippen LogP contribution in [0.3, 0.4) is 0 Å². The first-order chi connectivity index (χ1) is 14.7. The van der Waals surface area contributed by atoms with Crippen molar-refractivity contribution in [1.29, 1.82) is 0 Å². The van der Waals surface area contributed by atoms with Crippen LogP contribution in [-0.2, 0) is 19.4 Å². The number of fused-ring (bicyclic) bond motifs is 2. The van der Waals surface area contributed by atoms with Crippen LogP contribution in [0.15, 0.2) is 36.5 Å². The number of rotatable bonds is 3. The van der Waals surface area contributed by atoms with Gasteiger partial charge in [0.2, 0.25) is 0 Å². The number of hydrogen-bond donors (Lipinski definition) is 1. The molecular weight excluding hydrogens is 396 g/mol.